The molecule has 4 aromatic rings. The summed E-state index contributed by atoms with van der Waals surface area (Å²) in [5.41, 5.74) is 0.921. The first-order valence-electron chi connectivity index (χ1n) is 15.5. The molecule has 2 heterocycles. The zero-order valence-electron chi connectivity index (χ0n) is 27.3. The number of Topliss-reactive ketones (excluding diaryl/α,β-unsaturated/α-hetero) is 1. The molecule has 1 aliphatic carbocycles. The van der Waals surface area contributed by atoms with Gasteiger partial charge < -0.3 is 30.5 Å². The summed E-state index contributed by atoms with van der Waals surface area (Å²) in [6, 6.07) is 14.5. The summed E-state index contributed by atoms with van der Waals surface area (Å²) in [5.74, 6) is -1.35. The molecule has 50 heavy (non-hydrogen) atoms. The summed E-state index contributed by atoms with van der Waals surface area (Å²) in [6.07, 6.45) is -3.32. The smallest absolute Gasteiger partial charge is 0.422 e. The van der Waals surface area contributed by atoms with E-state index in [1.54, 1.807) is 37.3 Å². The van der Waals surface area contributed by atoms with Crippen LogP contribution in [0.5, 0.6) is 6.01 Å². The number of aromatic nitrogens is 4. The SMILES string of the molecule is Cc1cc(CC(=O)C(=O)NCC(C)(C)CNC(=O)c2ccc(Nc3nc(NC4(c5ccc(Cl)cc5)CC4)nc(OCC(F)(F)F)n3)cc2)no1. The lowest BCUT2D eigenvalue weighted by atomic mass is 9.93. The standard InChI is InChI=1S/C33H34ClF3N8O5/c1-19-14-24(45-50-19)15-25(46)27(48)39-17-31(2,3)16-38-26(47)20-4-10-23(11-5-20)40-28-41-29(43-30(42-28)49-18-33(35,36)37)44-32(12-13-32)21-6-8-22(34)9-7-21/h4-11,14H,12-13,15-18H2,1-3H3,(H,38,47)(H,39,48)(H2,40,41,42,43,44). The van der Waals surface area contributed by atoms with Crippen molar-refractivity contribution in [2.45, 2.75) is 51.7 Å². The number of anilines is 3. The fourth-order valence-electron chi connectivity index (χ4n) is 4.76. The topological polar surface area (TPSA) is 173 Å². The van der Waals surface area contributed by atoms with Crippen molar-refractivity contribution in [1.29, 1.82) is 0 Å². The highest BCUT2D eigenvalue weighted by Crippen LogP contribution is 2.48. The van der Waals surface area contributed by atoms with Crippen molar-refractivity contribution in [3.05, 3.63) is 82.2 Å². The highest BCUT2D eigenvalue weighted by Gasteiger charge is 2.45. The number of nitrogens with one attached hydrogen (secondary N) is 4. The summed E-state index contributed by atoms with van der Waals surface area (Å²) in [6.45, 7) is 4.03. The van der Waals surface area contributed by atoms with Crippen LogP contribution in [0.4, 0.5) is 30.8 Å². The van der Waals surface area contributed by atoms with Gasteiger partial charge in [-0.05, 0) is 67.1 Å². The maximum absolute atomic E-state index is 12.9. The Morgan fingerprint density at radius 3 is 2.22 bits per heavy atom. The third-order valence-corrected chi connectivity index (χ3v) is 7.86. The average molecular weight is 715 g/mol. The fraction of sp³-hybridized carbons (Fsp3) is 0.364. The largest absolute Gasteiger partial charge is 0.454 e. The average Bonchev–Trinajstić information content (AvgIpc) is 3.73. The van der Waals surface area contributed by atoms with Crippen molar-refractivity contribution in [2.75, 3.05) is 30.3 Å². The number of ether oxygens (including phenoxy) is 1. The van der Waals surface area contributed by atoms with E-state index in [1.165, 1.54) is 12.1 Å². The van der Waals surface area contributed by atoms with Crippen molar-refractivity contribution < 1.29 is 36.8 Å². The first kappa shape index (κ1) is 36.0. The van der Waals surface area contributed by atoms with Crippen molar-refractivity contribution in [2.24, 2.45) is 5.41 Å². The Hall–Kier alpha value is -5.25. The van der Waals surface area contributed by atoms with Crippen LogP contribution in [0.2, 0.25) is 5.02 Å². The highest BCUT2D eigenvalue weighted by molar-refractivity contribution is 6.36. The Balaban J connectivity index is 1.18. The van der Waals surface area contributed by atoms with Crippen LogP contribution < -0.4 is 26.0 Å². The third-order valence-electron chi connectivity index (χ3n) is 7.61. The lowest BCUT2D eigenvalue weighted by molar-refractivity contribution is -0.154. The normalized spacial score (nSPS) is 13.7. The van der Waals surface area contributed by atoms with E-state index in [0.717, 1.165) is 18.4 Å². The fourth-order valence-corrected chi connectivity index (χ4v) is 4.88. The number of benzene rings is 2. The third kappa shape index (κ3) is 10.1. The summed E-state index contributed by atoms with van der Waals surface area (Å²) < 4.78 is 48.5. The Labute approximate surface area is 289 Å². The molecule has 0 bridgehead atoms. The number of amides is 2. The lowest BCUT2D eigenvalue weighted by Gasteiger charge is -2.25. The van der Waals surface area contributed by atoms with E-state index in [2.05, 4.69) is 41.4 Å². The monoisotopic (exact) mass is 714 g/mol. The molecule has 0 saturated heterocycles. The van der Waals surface area contributed by atoms with Crippen molar-refractivity contribution in [3.8, 4) is 6.01 Å². The van der Waals surface area contributed by atoms with E-state index in [0.29, 0.717) is 27.7 Å². The van der Waals surface area contributed by atoms with Gasteiger partial charge in [0.15, 0.2) is 6.61 Å². The zero-order valence-corrected chi connectivity index (χ0v) is 28.0. The van der Waals surface area contributed by atoms with Gasteiger partial charge in [-0.1, -0.05) is 42.7 Å². The number of hydrogen-bond donors (Lipinski definition) is 4. The van der Waals surface area contributed by atoms with Crippen molar-refractivity contribution in [3.63, 3.8) is 0 Å². The summed E-state index contributed by atoms with van der Waals surface area (Å²) in [5, 5.41) is 15.8. The molecule has 0 aliphatic heterocycles. The highest BCUT2D eigenvalue weighted by atomic mass is 35.5. The second-order valence-electron chi connectivity index (χ2n) is 12.6. The van der Waals surface area contributed by atoms with Gasteiger partial charge in [-0.3, -0.25) is 14.4 Å². The minimum Gasteiger partial charge on any atom is -0.454 e. The van der Waals surface area contributed by atoms with Crippen LogP contribution in [0.15, 0.2) is 59.1 Å². The number of alkyl halides is 3. The van der Waals surface area contributed by atoms with Gasteiger partial charge in [0.2, 0.25) is 17.7 Å². The van der Waals surface area contributed by atoms with Gasteiger partial charge in [0.1, 0.15) is 5.76 Å². The van der Waals surface area contributed by atoms with Crippen LogP contribution in [0.25, 0.3) is 0 Å². The van der Waals surface area contributed by atoms with E-state index >= 15 is 0 Å². The molecule has 1 aliphatic rings. The van der Waals surface area contributed by atoms with Gasteiger partial charge in [-0.2, -0.15) is 28.1 Å². The Morgan fingerprint density at radius 1 is 0.940 bits per heavy atom. The maximum atomic E-state index is 12.9. The van der Waals surface area contributed by atoms with E-state index < -0.39 is 41.4 Å². The van der Waals surface area contributed by atoms with Gasteiger partial charge in [-0.25, -0.2) is 0 Å². The van der Waals surface area contributed by atoms with Gasteiger partial charge in [0, 0.05) is 35.4 Å². The van der Waals surface area contributed by atoms with Gasteiger partial charge in [0.25, 0.3) is 11.8 Å². The van der Waals surface area contributed by atoms with Crippen LogP contribution >= 0.6 is 11.6 Å². The second-order valence-corrected chi connectivity index (χ2v) is 13.1. The van der Waals surface area contributed by atoms with Crippen molar-refractivity contribution >= 4 is 46.8 Å². The summed E-state index contributed by atoms with van der Waals surface area (Å²) in [7, 11) is 0. The predicted molar refractivity (Wildman–Crippen MR) is 176 cm³/mol. The number of hydrogen-bond acceptors (Lipinski definition) is 11. The van der Waals surface area contributed by atoms with Gasteiger partial charge >= 0.3 is 12.2 Å². The van der Waals surface area contributed by atoms with Crippen LogP contribution in [-0.4, -0.2) is 63.6 Å². The first-order valence-corrected chi connectivity index (χ1v) is 15.8. The lowest BCUT2D eigenvalue weighted by Crippen LogP contribution is -2.44. The minimum atomic E-state index is -4.61. The molecule has 2 amide bonds. The molecule has 17 heteroatoms. The second kappa shape index (κ2) is 14.7. The maximum Gasteiger partial charge on any atom is 0.422 e. The van der Waals surface area contributed by atoms with Crippen LogP contribution in [0.1, 0.15) is 54.1 Å². The molecule has 1 fully saturated rings. The summed E-state index contributed by atoms with van der Waals surface area (Å²) in [4.78, 5) is 49.8. The molecule has 0 spiro atoms. The Bertz CT molecular complexity index is 1850. The number of carbonyl (C=O) groups is 3. The summed E-state index contributed by atoms with van der Waals surface area (Å²) >= 11 is 6.03. The minimum absolute atomic E-state index is 0.0105. The predicted octanol–water partition coefficient (Wildman–Crippen LogP) is 5.29. The van der Waals surface area contributed by atoms with E-state index in [9.17, 15) is 27.6 Å². The number of carbonyl (C=O) groups excluding carboxylic acids is 3. The molecular formula is C33H34ClF3N8O5. The van der Waals surface area contributed by atoms with Gasteiger partial charge in [0.05, 0.1) is 17.7 Å². The molecule has 0 radical (unpaired) electrons. The quantitative estimate of drug-likeness (QED) is 0.118. The molecule has 0 atom stereocenters. The molecular weight excluding hydrogens is 681 g/mol. The van der Waals surface area contributed by atoms with Crippen LogP contribution in [-0.2, 0) is 21.5 Å². The molecule has 2 aromatic carbocycles. The number of aryl methyl sites for hydroxylation is 1. The number of halogens is 4. The molecule has 0 unspecified atom stereocenters. The molecule has 1 saturated carbocycles. The van der Waals surface area contributed by atoms with E-state index in [4.69, 9.17) is 20.9 Å². The van der Waals surface area contributed by atoms with Gasteiger partial charge in [-0.15, -0.1) is 0 Å². The molecule has 264 valence electrons. The Morgan fingerprint density at radius 2 is 1.60 bits per heavy atom. The van der Waals surface area contributed by atoms with Crippen LogP contribution in [0.3, 0.4) is 0 Å². The Kier molecular flexibility index (Phi) is 10.6. The van der Waals surface area contributed by atoms with E-state index in [-0.39, 0.29) is 37.3 Å². The number of ketones is 1. The van der Waals surface area contributed by atoms with E-state index in [1.807, 2.05) is 26.0 Å². The molecule has 5 rings (SSSR count). The van der Waals surface area contributed by atoms with Crippen LogP contribution in [0, 0.1) is 12.3 Å². The zero-order chi connectivity index (χ0) is 36.1. The number of nitrogens with zero attached hydrogens (tertiary/aromatic N) is 4. The molecule has 13 nitrogen and oxygen atoms in total. The number of rotatable bonds is 15. The first-order chi connectivity index (χ1) is 23.6. The molecule has 4 N–H and O–H groups in total. The van der Waals surface area contributed by atoms with Crippen molar-refractivity contribution in [1.82, 2.24) is 30.7 Å². The molecule has 2 aromatic heterocycles.